The van der Waals surface area contributed by atoms with Crippen LogP contribution in [0, 0.1) is 0 Å². The van der Waals surface area contributed by atoms with Gasteiger partial charge in [0, 0.05) is 6.04 Å². The number of hydrogen-bond donors (Lipinski definition) is 0. The van der Waals surface area contributed by atoms with Crippen molar-refractivity contribution in [3.05, 3.63) is 29.6 Å². The largest absolute Gasteiger partial charge is 0.464 e. The van der Waals surface area contributed by atoms with Gasteiger partial charge in [-0.05, 0) is 19.3 Å². The molecule has 2 heterocycles. The highest BCUT2D eigenvalue weighted by molar-refractivity contribution is 5.88. The van der Waals surface area contributed by atoms with Crippen LogP contribution in [-0.4, -0.2) is 37.6 Å². The van der Waals surface area contributed by atoms with Gasteiger partial charge < -0.3 is 9.30 Å². The number of methoxy groups -OCH3 is 1. The van der Waals surface area contributed by atoms with Gasteiger partial charge in [-0.3, -0.25) is 0 Å². The van der Waals surface area contributed by atoms with Gasteiger partial charge in [-0.2, -0.15) is 0 Å². The van der Waals surface area contributed by atoms with Crippen LogP contribution in [0.2, 0.25) is 0 Å². The molecule has 106 valence electrons. The SMILES string of the molecule is CCc1c(C(=O)OC)nnn1Cc1cncn1C1CC1. The highest BCUT2D eigenvalue weighted by Crippen LogP contribution is 2.35. The summed E-state index contributed by atoms with van der Waals surface area (Å²) < 4.78 is 8.66. The second-order valence-electron chi connectivity index (χ2n) is 4.91. The van der Waals surface area contributed by atoms with Gasteiger partial charge in [-0.1, -0.05) is 12.1 Å². The molecule has 1 aliphatic carbocycles. The molecule has 0 spiro atoms. The first-order valence-electron chi connectivity index (χ1n) is 6.76. The molecule has 3 rings (SSSR count). The molecule has 0 N–H and O–H groups in total. The first kappa shape index (κ1) is 12.8. The summed E-state index contributed by atoms with van der Waals surface area (Å²) >= 11 is 0. The van der Waals surface area contributed by atoms with Crippen molar-refractivity contribution in [2.24, 2.45) is 0 Å². The predicted molar refractivity (Wildman–Crippen MR) is 70.3 cm³/mol. The van der Waals surface area contributed by atoms with Gasteiger partial charge in [0.05, 0.1) is 37.6 Å². The van der Waals surface area contributed by atoms with E-state index in [0.29, 0.717) is 24.7 Å². The highest BCUT2D eigenvalue weighted by Gasteiger charge is 2.26. The van der Waals surface area contributed by atoms with Gasteiger partial charge in [0.15, 0.2) is 5.69 Å². The van der Waals surface area contributed by atoms with Gasteiger partial charge in [0.25, 0.3) is 0 Å². The highest BCUT2D eigenvalue weighted by atomic mass is 16.5. The lowest BCUT2D eigenvalue weighted by atomic mass is 10.2. The maximum atomic E-state index is 11.6. The molecule has 0 aliphatic heterocycles. The maximum absolute atomic E-state index is 11.6. The average Bonchev–Trinajstić information content (AvgIpc) is 3.07. The molecule has 7 heteroatoms. The van der Waals surface area contributed by atoms with Crippen LogP contribution in [0.3, 0.4) is 0 Å². The third-order valence-corrected chi connectivity index (χ3v) is 3.55. The average molecular weight is 275 g/mol. The number of rotatable bonds is 5. The Labute approximate surface area is 116 Å². The van der Waals surface area contributed by atoms with E-state index in [0.717, 1.165) is 11.4 Å². The molecule has 20 heavy (non-hydrogen) atoms. The van der Waals surface area contributed by atoms with Crippen LogP contribution in [0.25, 0.3) is 0 Å². The second kappa shape index (κ2) is 5.07. The number of carbonyl (C=O) groups excluding carboxylic acids is 1. The third-order valence-electron chi connectivity index (χ3n) is 3.55. The molecule has 1 aliphatic rings. The normalized spacial score (nSPS) is 14.5. The van der Waals surface area contributed by atoms with E-state index in [1.54, 1.807) is 4.68 Å². The van der Waals surface area contributed by atoms with Crippen molar-refractivity contribution in [3.63, 3.8) is 0 Å². The van der Waals surface area contributed by atoms with Crippen LogP contribution in [0.1, 0.15) is 47.7 Å². The Morgan fingerprint density at radius 1 is 1.50 bits per heavy atom. The second-order valence-corrected chi connectivity index (χ2v) is 4.91. The summed E-state index contributed by atoms with van der Waals surface area (Å²) in [5.74, 6) is -0.441. The lowest BCUT2D eigenvalue weighted by Gasteiger charge is -2.08. The minimum Gasteiger partial charge on any atom is -0.464 e. The van der Waals surface area contributed by atoms with Gasteiger partial charge in [0.2, 0.25) is 0 Å². The summed E-state index contributed by atoms with van der Waals surface area (Å²) in [7, 11) is 1.35. The van der Waals surface area contributed by atoms with E-state index in [1.165, 1.54) is 20.0 Å². The fourth-order valence-electron chi connectivity index (χ4n) is 2.35. The molecule has 0 atom stereocenters. The van der Waals surface area contributed by atoms with Crippen LogP contribution >= 0.6 is 0 Å². The molecule has 1 fully saturated rings. The Bertz CT molecular complexity index is 626. The Kier molecular flexibility index (Phi) is 3.25. The van der Waals surface area contributed by atoms with E-state index >= 15 is 0 Å². The summed E-state index contributed by atoms with van der Waals surface area (Å²) in [5, 5.41) is 8.01. The van der Waals surface area contributed by atoms with E-state index in [-0.39, 0.29) is 0 Å². The Morgan fingerprint density at radius 3 is 2.95 bits per heavy atom. The van der Waals surface area contributed by atoms with Crippen LogP contribution in [-0.2, 0) is 17.7 Å². The summed E-state index contributed by atoms with van der Waals surface area (Å²) in [4.78, 5) is 15.8. The first-order valence-corrected chi connectivity index (χ1v) is 6.76. The maximum Gasteiger partial charge on any atom is 0.360 e. The zero-order chi connectivity index (χ0) is 14.1. The van der Waals surface area contributed by atoms with Crippen molar-refractivity contribution in [1.29, 1.82) is 0 Å². The smallest absolute Gasteiger partial charge is 0.360 e. The van der Waals surface area contributed by atoms with Crippen LogP contribution < -0.4 is 0 Å². The van der Waals surface area contributed by atoms with Crippen LogP contribution in [0.5, 0.6) is 0 Å². The van der Waals surface area contributed by atoms with E-state index in [9.17, 15) is 4.79 Å². The summed E-state index contributed by atoms with van der Waals surface area (Å²) in [6, 6.07) is 0.571. The number of nitrogens with zero attached hydrogens (tertiary/aromatic N) is 5. The lowest BCUT2D eigenvalue weighted by molar-refractivity contribution is 0.0592. The Hall–Kier alpha value is -2.18. The summed E-state index contributed by atoms with van der Waals surface area (Å²) in [5.41, 5.74) is 2.18. The fraction of sp³-hybridized carbons (Fsp3) is 0.538. The number of hydrogen-bond acceptors (Lipinski definition) is 5. The Balaban J connectivity index is 1.88. The zero-order valence-electron chi connectivity index (χ0n) is 11.6. The van der Waals surface area contributed by atoms with E-state index < -0.39 is 5.97 Å². The van der Waals surface area contributed by atoms with Crippen molar-refractivity contribution in [2.45, 2.75) is 38.8 Å². The molecule has 0 unspecified atom stereocenters. The predicted octanol–water partition coefficient (Wildman–Crippen LogP) is 1.21. The number of imidazole rings is 1. The third kappa shape index (κ3) is 2.19. The molecule has 2 aromatic rings. The van der Waals surface area contributed by atoms with Crippen LogP contribution in [0.15, 0.2) is 12.5 Å². The standard InChI is InChI=1S/C13H17N5O2/c1-3-11-12(13(19)20-2)15-16-18(11)7-10-6-14-8-17(10)9-4-5-9/h6,8-9H,3-5,7H2,1-2H3. The topological polar surface area (TPSA) is 74.8 Å². The van der Waals surface area contributed by atoms with Gasteiger partial charge in [-0.15, -0.1) is 5.10 Å². The van der Waals surface area contributed by atoms with Crippen molar-refractivity contribution in [3.8, 4) is 0 Å². The molecule has 0 saturated heterocycles. The molecule has 0 bridgehead atoms. The minimum atomic E-state index is -0.441. The van der Waals surface area contributed by atoms with Crippen molar-refractivity contribution in [2.75, 3.05) is 7.11 Å². The molecule has 7 nitrogen and oxygen atoms in total. The molecule has 1 saturated carbocycles. The molecule has 0 amide bonds. The molecular weight excluding hydrogens is 258 g/mol. The van der Waals surface area contributed by atoms with E-state index in [2.05, 4.69) is 19.9 Å². The number of esters is 1. The minimum absolute atomic E-state index is 0.299. The number of carbonyl (C=O) groups is 1. The molecular formula is C13H17N5O2. The molecule has 2 aromatic heterocycles. The first-order chi connectivity index (χ1) is 9.74. The van der Waals surface area contributed by atoms with Gasteiger partial charge in [0.1, 0.15) is 0 Å². The monoisotopic (exact) mass is 275 g/mol. The molecule has 0 radical (unpaired) electrons. The summed E-state index contributed by atoms with van der Waals surface area (Å²) in [6.45, 7) is 2.55. The van der Waals surface area contributed by atoms with Crippen LogP contribution in [0.4, 0.5) is 0 Å². The number of ether oxygens (including phenoxy) is 1. The lowest BCUT2D eigenvalue weighted by Crippen LogP contribution is -2.12. The van der Waals surface area contributed by atoms with E-state index in [4.69, 9.17) is 4.74 Å². The van der Waals surface area contributed by atoms with Crippen molar-refractivity contribution in [1.82, 2.24) is 24.5 Å². The quantitative estimate of drug-likeness (QED) is 0.767. The summed E-state index contributed by atoms with van der Waals surface area (Å²) in [6.07, 6.45) is 6.78. The van der Waals surface area contributed by atoms with E-state index in [1.807, 2.05) is 19.4 Å². The van der Waals surface area contributed by atoms with Crippen molar-refractivity contribution >= 4 is 5.97 Å². The van der Waals surface area contributed by atoms with Crippen molar-refractivity contribution < 1.29 is 9.53 Å². The zero-order valence-corrected chi connectivity index (χ0v) is 11.6. The fourth-order valence-corrected chi connectivity index (χ4v) is 2.35. The van der Waals surface area contributed by atoms with Gasteiger partial charge in [-0.25, -0.2) is 14.5 Å². The molecule has 0 aromatic carbocycles. The Morgan fingerprint density at radius 2 is 2.30 bits per heavy atom. The number of aromatic nitrogens is 5. The van der Waals surface area contributed by atoms with Gasteiger partial charge >= 0.3 is 5.97 Å².